The molecule has 1 atom stereocenters. The van der Waals surface area contributed by atoms with E-state index in [1.165, 1.54) is 0 Å². The standard InChI is InChI=1S/C13H28N4O5/c1-15-10(11(14)21)4-2-3-5-16-12(22)17-6-13(7-18,8-19)9-20/h10,15,18-20H,2-9H2,1H3,(H2,14,21)(H2,16,17,22). The number of hydrogen-bond acceptors (Lipinski definition) is 6. The summed E-state index contributed by atoms with van der Waals surface area (Å²) >= 11 is 0. The van der Waals surface area contributed by atoms with E-state index in [0.29, 0.717) is 19.4 Å². The Labute approximate surface area is 130 Å². The number of aliphatic hydroxyl groups excluding tert-OH is 3. The van der Waals surface area contributed by atoms with Crippen LogP contribution in [0.15, 0.2) is 0 Å². The van der Waals surface area contributed by atoms with Crippen molar-refractivity contribution in [1.29, 1.82) is 0 Å². The van der Waals surface area contributed by atoms with Crippen molar-refractivity contribution in [1.82, 2.24) is 16.0 Å². The lowest BCUT2D eigenvalue weighted by Crippen LogP contribution is -2.48. The quantitative estimate of drug-likeness (QED) is 0.197. The van der Waals surface area contributed by atoms with Crippen LogP contribution in [0.25, 0.3) is 0 Å². The molecule has 22 heavy (non-hydrogen) atoms. The summed E-state index contributed by atoms with van der Waals surface area (Å²) in [6.45, 7) is -0.909. The number of hydrogen-bond donors (Lipinski definition) is 7. The lowest BCUT2D eigenvalue weighted by molar-refractivity contribution is -0.120. The summed E-state index contributed by atoms with van der Waals surface area (Å²) < 4.78 is 0. The Morgan fingerprint density at radius 3 is 2.14 bits per heavy atom. The van der Waals surface area contributed by atoms with Gasteiger partial charge >= 0.3 is 6.03 Å². The molecule has 0 saturated carbocycles. The van der Waals surface area contributed by atoms with Gasteiger partial charge in [-0.3, -0.25) is 4.79 Å². The number of rotatable bonds is 12. The third-order valence-corrected chi connectivity index (χ3v) is 3.53. The highest BCUT2D eigenvalue weighted by Gasteiger charge is 2.28. The Morgan fingerprint density at radius 1 is 1.09 bits per heavy atom. The molecule has 0 spiro atoms. The summed E-state index contributed by atoms with van der Waals surface area (Å²) in [6.07, 6.45) is 2.00. The number of nitrogens with two attached hydrogens (primary N) is 1. The maximum Gasteiger partial charge on any atom is 0.314 e. The maximum atomic E-state index is 11.5. The normalized spacial score (nSPS) is 12.7. The van der Waals surface area contributed by atoms with Crippen LogP contribution < -0.4 is 21.7 Å². The largest absolute Gasteiger partial charge is 0.396 e. The molecule has 0 fully saturated rings. The SMILES string of the molecule is CNC(CCCCNC(=O)NCC(CO)(CO)CO)C(N)=O. The van der Waals surface area contributed by atoms with E-state index >= 15 is 0 Å². The molecule has 130 valence electrons. The average Bonchev–Trinajstić information content (AvgIpc) is 2.52. The van der Waals surface area contributed by atoms with Gasteiger partial charge in [-0.25, -0.2) is 4.79 Å². The Morgan fingerprint density at radius 2 is 1.68 bits per heavy atom. The minimum atomic E-state index is -1.13. The molecule has 0 aromatic carbocycles. The van der Waals surface area contributed by atoms with Gasteiger partial charge in [0.1, 0.15) is 0 Å². The lowest BCUT2D eigenvalue weighted by Gasteiger charge is -2.27. The number of urea groups is 1. The van der Waals surface area contributed by atoms with Gasteiger partial charge in [0.25, 0.3) is 0 Å². The van der Waals surface area contributed by atoms with Crippen molar-refractivity contribution in [3.05, 3.63) is 0 Å². The first-order valence-corrected chi connectivity index (χ1v) is 7.25. The van der Waals surface area contributed by atoms with Gasteiger partial charge in [-0.1, -0.05) is 0 Å². The summed E-state index contributed by atoms with van der Waals surface area (Å²) in [4.78, 5) is 22.5. The monoisotopic (exact) mass is 320 g/mol. The third-order valence-electron chi connectivity index (χ3n) is 3.53. The van der Waals surface area contributed by atoms with Gasteiger partial charge in [0, 0.05) is 13.1 Å². The predicted octanol–water partition coefficient (Wildman–Crippen LogP) is -2.51. The first-order valence-electron chi connectivity index (χ1n) is 7.25. The molecule has 9 nitrogen and oxygen atoms in total. The number of carbonyl (C=O) groups excluding carboxylic acids is 2. The predicted molar refractivity (Wildman–Crippen MR) is 81.0 cm³/mol. The molecule has 0 rings (SSSR count). The van der Waals surface area contributed by atoms with Crippen molar-refractivity contribution < 1.29 is 24.9 Å². The highest BCUT2D eigenvalue weighted by molar-refractivity contribution is 5.79. The molecule has 0 saturated heterocycles. The van der Waals surface area contributed by atoms with Crippen LogP contribution in [0.2, 0.25) is 0 Å². The number of likely N-dealkylation sites (N-methyl/N-ethyl adjacent to an activating group) is 1. The molecule has 0 bridgehead atoms. The summed E-state index contributed by atoms with van der Waals surface area (Å²) in [5.74, 6) is -0.401. The Bertz CT molecular complexity index is 328. The zero-order chi connectivity index (χ0) is 17.0. The minimum absolute atomic E-state index is 0.0359. The van der Waals surface area contributed by atoms with Crippen molar-refractivity contribution in [2.24, 2.45) is 11.1 Å². The first-order chi connectivity index (χ1) is 10.4. The van der Waals surface area contributed by atoms with Crippen LogP contribution >= 0.6 is 0 Å². The number of unbranched alkanes of at least 4 members (excludes halogenated alkanes) is 1. The molecule has 9 heteroatoms. The van der Waals surface area contributed by atoms with E-state index in [9.17, 15) is 9.59 Å². The van der Waals surface area contributed by atoms with E-state index < -0.39 is 37.2 Å². The number of nitrogens with one attached hydrogen (secondary N) is 3. The van der Waals surface area contributed by atoms with Crippen LogP contribution in [0.3, 0.4) is 0 Å². The van der Waals surface area contributed by atoms with Gasteiger partial charge in [-0.05, 0) is 26.3 Å². The number of primary amides is 1. The zero-order valence-electron chi connectivity index (χ0n) is 13.0. The van der Waals surface area contributed by atoms with Crippen LogP contribution in [0.4, 0.5) is 4.79 Å². The van der Waals surface area contributed by atoms with E-state index in [-0.39, 0.29) is 12.6 Å². The second kappa shape index (κ2) is 11.2. The maximum absolute atomic E-state index is 11.5. The summed E-state index contributed by atoms with van der Waals surface area (Å²) in [5.41, 5.74) is 4.06. The molecule has 0 aliphatic carbocycles. The zero-order valence-corrected chi connectivity index (χ0v) is 13.0. The minimum Gasteiger partial charge on any atom is -0.396 e. The van der Waals surface area contributed by atoms with Crippen molar-refractivity contribution in [3.63, 3.8) is 0 Å². The molecule has 0 aromatic heterocycles. The van der Waals surface area contributed by atoms with Crippen LogP contribution in [0.5, 0.6) is 0 Å². The summed E-state index contributed by atoms with van der Waals surface area (Å²) in [7, 11) is 1.66. The smallest absolute Gasteiger partial charge is 0.314 e. The van der Waals surface area contributed by atoms with E-state index in [2.05, 4.69) is 16.0 Å². The van der Waals surface area contributed by atoms with Gasteiger partial charge in [-0.2, -0.15) is 0 Å². The topological polar surface area (TPSA) is 157 Å². The third kappa shape index (κ3) is 7.55. The van der Waals surface area contributed by atoms with Gasteiger partial charge in [0.15, 0.2) is 0 Å². The fourth-order valence-corrected chi connectivity index (χ4v) is 1.75. The molecular weight excluding hydrogens is 292 g/mol. The van der Waals surface area contributed by atoms with Crippen LogP contribution in [-0.4, -0.2) is 73.3 Å². The number of carbonyl (C=O) groups is 2. The van der Waals surface area contributed by atoms with Crippen molar-refractivity contribution >= 4 is 11.9 Å². The van der Waals surface area contributed by atoms with Crippen molar-refractivity contribution in [3.8, 4) is 0 Å². The number of aliphatic hydroxyl groups is 3. The molecule has 8 N–H and O–H groups in total. The second-order valence-corrected chi connectivity index (χ2v) is 5.32. The van der Waals surface area contributed by atoms with Crippen LogP contribution in [-0.2, 0) is 4.79 Å². The fraction of sp³-hybridized carbons (Fsp3) is 0.846. The van der Waals surface area contributed by atoms with Gasteiger partial charge in [0.2, 0.25) is 5.91 Å². The van der Waals surface area contributed by atoms with Crippen LogP contribution in [0, 0.1) is 5.41 Å². The molecule has 0 aliphatic rings. The summed E-state index contributed by atoms with van der Waals surface area (Å²) in [6, 6.07) is -0.812. The Balaban J connectivity index is 3.85. The van der Waals surface area contributed by atoms with E-state index in [4.69, 9.17) is 21.1 Å². The highest BCUT2D eigenvalue weighted by Crippen LogP contribution is 2.12. The molecule has 0 heterocycles. The van der Waals surface area contributed by atoms with Crippen molar-refractivity contribution in [2.75, 3.05) is 40.0 Å². The lowest BCUT2D eigenvalue weighted by atomic mass is 9.91. The van der Waals surface area contributed by atoms with Gasteiger partial charge in [-0.15, -0.1) is 0 Å². The van der Waals surface area contributed by atoms with Crippen LogP contribution in [0.1, 0.15) is 19.3 Å². The molecule has 3 amide bonds. The summed E-state index contributed by atoms with van der Waals surface area (Å²) in [5, 5.41) is 35.3. The van der Waals surface area contributed by atoms with Gasteiger partial charge < -0.3 is 37.0 Å². The van der Waals surface area contributed by atoms with E-state index in [1.54, 1.807) is 7.05 Å². The Kier molecular flexibility index (Phi) is 10.5. The van der Waals surface area contributed by atoms with Gasteiger partial charge in [0.05, 0.1) is 31.3 Å². The highest BCUT2D eigenvalue weighted by atomic mass is 16.3. The first kappa shape index (κ1) is 20.6. The molecule has 0 aromatic rings. The Hall–Kier alpha value is -1.42. The number of amides is 3. The molecule has 0 aliphatic heterocycles. The second-order valence-electron chi connectivity index (χ2n) is 5.32. The fourth-order valence-electron chi connectivity index (χ4n) is 1.75. The van der Waals surface area contributed by atoms with E-state index in [1.807, 2.05) is 0 Å². The molecular formula is C13H28N4O5. The van der Waals surface area contributed by atoms with E-state index in [0.717, 1.165) is 6.42 Å². The molecule has 1 unspecified atom stereocenters. The average molecular weight is 320 g/mol. The molecule has 0 radical (unpaired) electrons. The van der Waals surface area contributed by atoms with Crippen molar-refractivity contribution in [2.45, 2.75) is 25.3 Å².